The minimum Gasteiger partial charge on any atom is -0.342 e. The maximum atomic E-state index is 12.8. The van der Waals surface area contributed by atoms with Crippen LogP contribution in [-0.2, 0) is 9.63 Å². The first-order valence-corrected chi connectivity index (χ1v) is 10.4. The van der Waals surface area contributed by atoms with E-state index < -0.39 is 0 Å². The van der Waals surface area contributed by atoms with Crippen molar-refractivity contribution in [2.75, 3.05) is 32.8 Å². The summed E-state index contributed by atoms with van der Waals surface area (Å²) in [5, 5.41) is 4.49. The zero-order chi connectivity index (χ0) is 18.9. The van der Waals surface area contributed by atoms with Crippen molar-refractivity contribution in [3.05, 3.63) is 48.0 Å². The fourth-order valence-electron chi connectivity index (χ4n) is 4.91. The maximum Gasteiger partial charge on any atom is 0.223 e. The van der Waals surface area contributed by atoms with Crippen LogP contribution in [0, 0.1) is 5.92 Å². The summed E-state index contributed by atoms with van der Waals surface area (Å²) in [5.41, 5.74) is 8.34. The van der Waals surface area contributed by atoms with Crippen LogP contribution in [0.4, 0.5) is 0 Å². The number of hydrogen-bond acceptors (Lipinski definition) is 5. The lowest BCUT2D eigenvalue weighted by Gasteiger charge is -2.36. The molecule has 3 fully saturated rings. The maximum absolute atomic E-state index is 12.8. The molecule has 1 amide bonds. The number of piperidine rings is 1. The summed E-state index contributed by atoms with van der Waals surface area (Å²) in [5.74, 6) is 0.629. The second kappa shape index (κ2) is 7.79. The smallest absolute Gasteiger partial charge is 0.223 e. The van der Waals surface area contributed by atoms with Crippen molar-refractivity contribution >= 4 is 16.7 Å². The molecule has 0 spiro atoms. The first-order chi connectivity index (χ1) is 13.8. The highest BCUT2D eigenvalue weighted by Gasteiger charge is 2.41. The van der Waals surface area contributed by atoms with Gasteiger partial charge >= 0.3 is 0 Å². The van der Waals surface area contributed by atoms with Gasteiger partial charge in [0.05, 0.1) is 12.6 Å². The van der Waals surface area contributed by atoms with Gasteiger partial charge in [-0.1, -0.05) is 42.5 Å². The van der Waals surface area contributed by atoms with Gasteiger partial charge in [-0.3, -0.25) is 15.1 Å². The highest BCUT2D eigenvalue weighted by atomic mass is 16.7. The largest absolute Gasteiger partial charge is 0.342 e. The monoisotopic (exact) mass is 380 g/mol. The van der Waals surface area contributed by atoms with Gasteiger partial charge in [-0.15, -0.1) is 0 Å². The topological polar surface area (TPSA) is 56.8 Å². The molecule has 0 saturated carbocycles. The zero-order valence-corrected chi connectivity index (χ0v) is 16.1. The van der Waals surface area contributed by atoms with Crippen LogP contribution >= 0.6 is 0 Å². The Morgan fingerprint density at radius 2 is 2.00 bits per heavy atom. The van der Waals surface area contributed by atoms with Gasteiger partial charge in [-0.2, -0.15) is 5.06 Å². The zero-order valence-electron chi connectivity index (χ0n) is 16.1. The molecular formula is C22H28N4O2. The van der Waals surface area contributed by atoms with Crippen LogP contribution in [0.3, 0.4) is 0 Å². The van der Waals surface area contributed by atoms with E-state index in [1.165, 1.54) is 16.3 Å². The second-order valence-electron chi connectivity index (χ2n) is 8.10. The van der Waals surface area contributed by atoms with Crippen LogP contribution in [0.25, 0.3) is 10.8 Å². The number of carbonyl (C=O) groups is 1. The second-order valence-corrected chi connectivity index (χ2v) is 8.10. The molecular weight excluding hydrogens is 352 g/mol. The molecule has 0 aromatic heterocycles. The average Bonchev–Trinajstić information content (AvgIpc) is 3.41. The number of hydrogen-bond donors (Lipinski definition) is 2. The quantitative estimate of drug-likeness (QED) is 0.852. The van der Waals surface area contributed by atoms with E-state index in [9.17, 15) is 4.79 Å². The van der Waals surface area contributed by atoms with Crippen molar-refractivity contribution in [2.45, 2.75) is 31.3 Å². The molecule has 3 atom stereocenters. The molecule has 3 aliphatic heterocycles. The van der Waals surface area contributed by atoms with Gasteiger partial charge in [0.2, 0.25) is 5.91 Å². The number of likely N-dealkylation sites (tertiary alicyclic amines) is 1. The molecule has 3 heterocycles. The summed E-state index contributed by atoms with van der Waals surface area (Å²) in [6, 6.07) is 15.7. The predicted octanol–water partition coefficient (Wildman–Crippen LogP) is 2.23. The Balaban J connectivity index is 1.30. The Morgan fingerprint density at radius 3 is 2.89 bits per heavy atom. The normalized spacial score (nSPS) is 28.0. The third-order valence-corrected chi connectivity index (χ3v) is 6.42. The molecule has 3 saturated heterocycles. The van der Waals surface area contributed by atoms with E-state index >= 15 is 0 Å². The number of rotatable bonds is 4. The number of fused-ring (bicyclic) bond motifs is 2. The van der Waals surface area contributed by atoms with Gasteiger partial charge in [0.25, 0.3) is 0 Å². The third-order valence-electron chi connectivity index (χ3n) is 6.42. The Bertz CT molecular complexity index is 846. The van der Waals surface area contributed by atoms with Crippen LogP contribution in [0.15, 0.2) is 42.5 Å². The minimum absolute atomic E-state index is 0.216. The lowest BCUT2D eigenvalue weighted by atomic mass is 9.83. The number of hydrazine groups is 1. The standard InChI is InChI=1S/C22H28N4O2/c27-21(10-13-26-11-4-14-28-26)25-12-9-20-19(15-25)22(24-23-20)18-8-3-6-16-5-1-2-7-17(16)18/h1-3,5-8,19-20,22-24H,4,9-15H2. The summed E-state index contributed by atoms with van der Waals surface area (Å²) in [6.45, 7) is 4.06. The SMILES string of the molecule is O=C(CCN1CCCO1)N1CCC2NNC(c3cccc4ccccc34)C2C1. The first kappa shape index (κ1) is 18.1. The summed E-state index contributed by atoms with van der Waals surface area (Å²) in [4.78, 5) is 20.4. The number of nitrogens with one attached hydrogen (secondary N) is 2. The first-order valence-electron chi connectivity index (χ1n) is 10.4. The fraction of sp³-hybridized carbons (Fsp3) is 0.500. The van der Waals surface area contributed by atoms with E-state index in [2.05, 4.69) is 58.2 Å². The summed E-state index contributed by atoms with van der Waals surface area (Å²) in [7, 11) is 0. The molecule has 148 valence electrons. The van der Waals surface area contributed by atoms with E-state index in [1.807, 2.05) is 5.06 Å². The molecule has 5 rings (SSSR count). The number of carbonyl (C=O) groups excluding carboxylic acids is 1. The summed E-state index contributed by atoms with van der Waals surface area (Å²) in [6.07, 6.45) is 2.59. The lowest BCUT2D eigenvalue weighted by molar-refractivity contribution is -0.140. The van der Waals surface area contributed by atoms with Crippen molar-refractivity contribution in [1.82, 2.24) is 20.8 Å². The van der Waals surface area contributed by atoms with E-state index in [-0.39, 0.29) is 11.9 Å². The predicted molar refractivity (Wildman–Crippen MR) is 108 cm³/mol. The van der Waals surface area contributed by atoms with Crippen molar-refractivity contribution in [3.8, 4) is 0 Å². The summed E-state index contributed by atoms with van der Waals surface area (Å²) >= 11 is 0. The Labute approximate surface area is 165 Å². The van der Waals surface area contributed by atoms with E-state index in [0.29, 0.717) is 24.9 Å². The van der Waals surface area contributed by atoms with E-state index in [1.54, 1.807) is 0 Å². The molecule has 0 radical (unpaired) electrons. The number of hydroxylamine groups is 2. The Morgan fingerprint density at radius 1 is 1.11 bits per heavy atom. The van der Waals surface area contributed by atoms with E-state index in [4.69, 9.17) is 4.84 Å². The lowest BCUT2D eigenvalue weighted by Crippen LogP contribution is -2.48. The third kappa shape index (κ3) is 3.42. The van der Waals surface area contributed by atoms with Gasteiger partial charge in [0, 0.05) is 44.6 Å². The average molecular weight is 380 g/mol. The Hall–Kier alpha value is -1.99. The minimum atomic E-state index is 0.216. The van der Waals surface area contributed by atoms with Crippen LogP contribution in [0.5, 0.6) is 0 Å². The highest BCUT2D eigenvalue weighted by molar-refractivity contribution is 5.86. The van der Waals surface area contributed by atoms with Gasteiger partial charge in [0.15, 0.2) is 0 Å². The molecule has 0 aliphatic carbocycles. The molecule has 6 nitrogen and oxygen atoms in total. The number of nitrogens with zero attached hydrogens (tertiary/aromatic N) is 2. The van der Waals surface area contributed by atoms with Gasteiger partial charge in [-0.25, -0.2) is 5.43 Å². The van der Waals surface area contributed by atoms with Crippen molar-refractivity contribution in [1.29, 1.82) is 0 Å². The van der Waals surface area contributed by atoms with Gasteiger partial charge in [0.1, 0.15) is 0 Å². The van der Waals surface area contributed by atoms with E-state index in [0.717, 1.165) is 39.1 Å². The molecule has 2 N–H and O–H groups in total. The molecule has 3 aliphatic rings. The Kier molecular flexibility index (Phi) is 5.03. The molecule has 6 heteroatoms. The fourth-order valence-corrected chi connectivity index (χ4v) is 4.91. The molecule has 2 aromatic rings. The van der Waals surface area contributed by atoms with Crippen molar-refractivity contribution in [2.24, 2.45) is 5.92 Å². The van der Waals surface area contributed by atoms with Gasteiger partial charge < -0.3 is 4.90 Å². The number of benzene rings is 2. The van der Waals surface area contributed by atoms with Crippen LogP contribution in [-0.4, -0.2) is 54.7 Å². The molecule has 3 unspecified atom stereocenters. The highest BCUT2D eigenvalue weighted by Crippen LogP contribution is 2.36. The molecule has 28 heavy (non-hydrogen) atoms. The van der Waals surface area contributed by atoms with Crippen LogP contribution in [0.2, 0.25) is 0 Å². The van der Waals surface area contributed by atoms with Crippen molar-refractivity contribution < 1.29 is 9.63 Å². The summed E-state index contributed by atoms with van der Waals surface area (Å²) < 4.78 is 0. The molecule has 2 aromatic carbocycles. The number of amides is 1. The van der Waals surface area contributed by atoms with Crippen molar-refractivity contribution in [3.63, 3.8) is 0 Å². The molecule has 0 bridgehead atoms. The van der Waals surface area contributed by atoms with Crippen LogP contribution < -0.4 is 10.9 Å². The van der Waals surface area contributed by atoms with Crippen LogP contribution in [0.1, 0.15) is 30.9 Å². The van der Waals surface area contributed by atoms with Gasteiger partial charge in [-0.05, 0) is 29.2 Å².